The van der Waals surface area contributed by atoms with E-state index < -0.39 is 0 Å². The Labute approximate surface area is 132 Å². The summed E-state index contributed by atoms with van der Waals surface area (Å²) in [6.07, 6.45) is 3.09. The van der Waals surface area contributed by atoms with Gasteiger partial charge in [-0.25, -0.2) is 9.67 Å². The van der Waals surface area contributed by atoms with Crippen LogP contribution in [0.25, 0.3) is 10.8 Å². The Morgan fingerprint density at radius 3 is 2.82 bits per heavy atom. The fraction of sp³-hybridized carbons (Fsp3) is 0.188. The predicted octanol–water partition coefficient (Wildman–Crippen LogP) is 3.08. The summed E-state index contributed by atoms with van der Waals surface area (Å²) in [5.74, 6) is 0.761. The van der Waals surface area contributed by atoms with E-state index in [4.69, 9.17) is 16.3 Å². The van der Waals surface area contributed by atoms with Crippen molar-refractivity contribution in [3.05, 3.63) is 64.3 Å². The molecule has 1 unspecified atom stereocenters. The highest BCUT2D eigenvalue weighted by Gasteiger charge is 2.12. The monoisotopic (exact) mass is 315 g/mol. The lowest BCUT2D eigenvalue weighted by Crippen LogP contribution is -2.29. The van der Waals surface area contributed by atoms with Crippen molar-refractivity contribution in [2.75, 3.05) is 6.61 Å². The SMILES string of the molecule is CC(COc1ccccc1)n1ncc2cc(Cl)ncc2c1=O. The van der Waals surface area contributed by atoms with Crippen molar-refractivity contribution in [3.63, 3.8) is 0 Å². The van der Waals surface area contributed by atoms with Crippen LogP contribution in [0.5, 0.6) is 5.75 Å². The Morgan fingerprint density at radius 1 is 1.27 bits per heavy atom. The molecular formula is C16H14ClN3O2. The first-order valence-corrected chi connectivity index (χ1v) is 7.24. The van der Waals surface area contributed by atoms with Gasteiger partial charge in [0.1, 0.15) is 17.5 Å². The van der Waals surface area contributed by atoms with Gasteiger partial charge in [-0.1, -0.05) is 29.8 Å². The van der Waals surface area contributed by atoms with Gasteiger partial charge in [-0.05, 0) is 25.1 Å². The molecule has 22 heavy (non-hydrogen) atoms. The average molecular weight is 316 g/mol. The van der Waals surface area contributed by atoms with Gasteiger partial charge in [0.25, 0.3) is 5.56 Å². The first-order valence-electron chi connectivity index (χ1n) is 6.86. The molecule has 1 atom stereocenters. The minimum Gasteiger partial charge on any atom is -0.491 e. The minimum absolute atomic E-state index is 0.201. The average Bonchev–Trinajstić information content (AvgIpc) is 2.54. The van der Waals surface area contributed by atoms with Crippen LogP contribution in [0.2, 0.25) is 5.15 Å². The number of halogens is 1. The van der Waals surface area contributed by atoms with Gasteiger partial charge in [0.05, 0.1) is 17.6 Å². The van der Waals surface area contributed by atoms with Crippen molar-refractivity contribution in [1.29, 1.82) is 0 Å². The number of para-hydroxylation sites is 1. The van der Waals surface area contributed by atoms with E-state index in [2.05, 4.69) is 10.1 Å². The molecule has 0 radical (unpaired) electrons. The van der Waals surface area contributed by atoms with Gasteiger partial charge < -0.3 is 4.74 Å². The van der Waals surface area contributed by atoms with E-state index in [9.17, 15) is 4.79 Å². The second-order valence-corrected chi connectivity index (χ2v) is 5.35. The van der Waals surface area contributed by atoms with Crippen LogP contribution < -0.4 is 10.3 Å². The smallest absolute Gasteiger partial charge is 0.276 e. The summed E-state index contributed by atoms with van der Waals surface area (Å²) in [5.41, 5.74) is -0.203. The molecular weight excluding hydrogens is 302 g/mol. The van der Waals surface area contributed by atoms with E-state index >= 15 is 0 Å². The number of benzene rings is 1. The van der Waals surface area contributed by atoms with Crippen LogP contribution in [0, 0.1) is 0 Å². The van der Waals surface area contributed by atoms with Crippen molar-refractivity contribution in [2.45, 2.75) is 13.0 Å². The Morgan fingerprint density at radius 2 is 2.05 bits per heavy atom. The van der Waals surface area contributed by atoms with Gasteiger partial charge in [-0.2, -0.15) is 5.10 Å². The van der Waals surface area contributed by atoms with Crippen molar-refractivity contribution in [3.8, 4) is 5.75 Å². The fourth-order valence-corrected chi connectivity index (χ4v) is 2.31. The second kappa shape index (κ2) is 6.15. The molecule has 0 bridgehead atoms. The first kappa shape index (κ1) is 14.5. The molecule has 0 aliphatic rings. The third-order valence-corrected chi connectivity index (χ3v) is 3.52. The molecule has 3 rings (SSSR count). The summed E-state index contributed by atoms with van der Waals surface area (Å²) in [6, 6.07) is 10.9. The highest BCUT2D eigenvalue weighted by atomic mass is 35.5. The van der Waals surface area contributed by atoms with E-state index in [-0.39, 0.29) is 11.6 Å². The number of pyridine rings is 1. The normalized spacial score (nSPS) is 12.3. The lowest BCUT2D eigenvalue weighted by molar-refractivity contribution is 0.247. The molecule has 2 aromatic heterocycles. The molecule has 112 valence electrons. The summed E-state index contributed by atoms with van der Waals surface area (Å²) in [5, 5.41) is 5.71. The Bertz CT molecular complexity index is 849. The highest BCUT2D eigenvalue weighted by molar-refractivity contribution is 6.30. The van der Waals surface area contributed by atoms with Gasteiger partial charge in [-0.3, -0.25) is 4.79 Å². The largest absolute Gasteiger partial charge is 0.491 e. The molecule has 2 heterocycles. The molecule has 0 saturated heterocycles. The van der Waals surface area contributed by atoms with Crippen LogP contribution in [0.4, 0.5) is 0 Å². The maximum absolute atomic E-state index is 12.5. The number of aromatic nitrogens is 3. The maximum Gasteiger partial charge on any atom is 0.276 e. The van der Waals surface area contributed by atoms with Crippen LogP contribution in [0.3, 0.4) is 0 Å². The highest BCUT2D eigenvalue weighted by Crippen LogP contribution is 2.14. The second-order valence-electron chi connectivity index (χ2n) is 4.96. The first-order chi connectivity index (χ1) is 10.6. The number of ether oxygens (including phenoxy) is 1. The molecule has 5 nitrogen and oxygen atoms in total. The number of rotatable bonds is 4. The van der Waals surface area contributed by atoms with Gasteiger partial charge in [-0.15, -0.1) is 0 Å². The van der Waals surface area contributed by atoms with Gasteiger partial charge in [0, 0.05) is 11.6 Å². The number of fused-ring (bicyclic) bond motifs is 1. The van der Waals surface area contributed by atoms with Crippen molar-refractivity contribution < 1.29 is 4.74 Å². The van der Waals surface area contributed by atoms with E-state index in [1.54, 1.807) is 12.3 Å². The molecule has 3 aromatic rings. The van der Waals surface area contributed by atoms with E-state index in [0.29, 0.717) is 22.5 Å². The Balaban J connectivity index is 1.85. The van der Waals surface area contributed by atoms with E-state index in [1.807, 2.05) is 37.3 Å². The van der Waals surface area contributed by atoms with Crippen LogP contribution >= 0.6 is 11.6 Å². The molecule has 0 fully saturated rings. The molecule has 0 N–H and O–H groups in total. The molecule has 0 saturated carbocycles. The Hall–Kier alpha value is -2.40. The lowest BCUT2D eigenvalue weighted by atomic mass is 10.2. The predicted molar refractivity (Wildman–Crippen MR) is 85.5 cm³/mol. The van der Waals surface area contributed by atoms with Crippen LogP contribution in [-0.2, 0) is 0 Å². The zero-order chi connectivity index (χ0) is 15.5. The van der Waals surface area contributed by atoms with E-state index in [0.717, 1.165) is 5.75 Å². The quantitative estimate of drug-likeness (QED) is 0.694. The summed E-state index contributed by atoms with van der Waals surface area (Å²) in [7, 11) is 0. The van der Waals surface area contributed by atoms with Crippen molar-refractivity contribution >= 4 is 22.4 Å². The van der Waals surface area contributed by atoms with Crippen LogP contribution in [0.15, 0.2) is 53.6 Å². The number of hydrogen-bond acceptors (Lipinski definition) is 4. The summed E-state index contributed by atoms with van der Waals surface area (Å²) < 4.78 is 7.08. The van der Waals surface area contributed by atoms with Gasteiger partial charge >= 0.3 is 0 Å². The Kier molecular flexibility index (Phi) is 4.06. The standard InChI is InChI=1S/C16H14ClN3O2/c1-11(10-22-13-5-3-2-4-6-13)20-16(21)14-9-18-15(17)7-12(14)8-19-20/h2-9,11H,10H2,1H3. The zero-order valence-electron chi connectivity index (χ0n) is 11.9. The third-order valence-electron chi connectivity index (χ3n) is 3.31. The van der Waals surface area contributed by atoms with Gasteiger partial charge in [0.2, 0.25) is 0 Å². The topological polar surface area (TPSA) is 57.0 Å². The lowest BCUT2D eigenvalue weighted by Gasteiger charge is -2.15. The maximum atomic E-state index is 12.5. The van der Waals surface area contributed by atoms with Crippen LogP contribution in [-0.4, -0.2) is 21.4 Å². The summed E-state index contributed by atoms with van der Waals surface area (Å²) in [4.78, 5) is 16.4. The molecule has 6 heteroatoms. The molecule has 0 aliphatic carbocycles. The third kappa shape index (κ3) is 2.94. The summed E-state index contributed by atoms with van der Waals surface area (Å²) in [6.45, 7) is 2.23. The van der Waals surface area contributed by atoms with E-state index in [1.165, 1.54) is 10.9 Å². The number of nitrogens with zero attached hydrogens (tertiary/aromatic N) is 3. The van der Waals surface area contributed by atoms with Crippen molar-refractivity contribution in [2.24, 2.45) is 0 Å². The van der Waals surface area contributed by atoms with Crippen LogP contribution in [0.1, 0.15) is 13.0 Å². The molecule has 1 aromatic carbocycles. The fourth-order valence-electron chi connectivity index (χ4n) is 2.15. The zero-order valence-corrected chi connectivity index (χ0v) is 12.7. The molecule has 0 amide bonds. The van der Waals surface area contributed by atoms with Crippen molar-refractivity contribution in [1.82, 2.24) is 14.8 Å². The van der Waals surface area contributed by atoms with Gasteiger partial charge in [0.15, 0.2) is 0 Å². The summed E-state index contributed by atoms with van der Waals surface area (Å²) >= 11 is 5.82. The minimum atomic E-state index is -0.203. The number of hydrogen-bond donors (Lipinski definition) is 0. The molecule has 0 aliphatic heterocycles. The molecule has 0 spiro atoms.